The third kappa shape index (κ3) is 4.83. The maximum absolute atomic E-state index is 12.1. The van der Waals surface area contributed by atoms with Gasteiger partial charge >= 0.3 is 0 Å². The van der Waals surface area contributed by atoms with E-state index in [1.807, 2.05) is 19.9 Å². The molecule has 116 valence electrons. The summed E-state index contributed by atoms with van der Waals surface area (Å²) < 4.78 is 0. The number of amides is 1. The highest BCUT2D eigenvalue weighted by Crippen LogP contribution is 2.14. The monoisotopic (exact) mass is 289 g/mol. The Morgan fingerprint density at radius 2 is 2.10 bits per heavy atom. The van der Waals surface area contributed by atoms with Crippen LogP contribution >= 0.6 is 0 Å². The first kappa shape index (κ1) is 16.0. The molecule has 1 amide bonds. The highest BCUT2D eigenvalue weighted by molar-refractivity contribution is 5.82. The molecule has 21 heavy (non-hydrogen) atoms. The van der Waals surface area contributed by atoms with Crippen LogP contribution in [0, 0.1) is 5.92 Å². The molecule has 0 radical (unpaired) electrons. The van der Waals surface area contributed by atoms with Crippen molar-refractivity contribution in [3.05, 3.63) is 35.9 Å². The molecule has 1 aromatic carbocycles. The van der Waals surface area contributed by atoms with Gasteiger partial charge in [-0.15, -0.1) is 0 Å². The fourth-order valence-corrected chi connectivity index (χ4v) is 2.76. The van der Waals surface area contributed by atoms with Gasteiger partial charge in [0.15, 0.2) is 0 Å². The first-order valence-corrected chi connectivity index (χ1v) is 7.88. The Bertz CT molecular complexity index is 447. The second-order valence-electron chi connectivity index (χ2n) is 6.34. The Balaban J connectivity index is 1.85. The lowest BCUT2D eigenvalue weighted by molar-refractivity contribution is -0.124. The Labute approximate surface area is 127 Å². The summed E-state index contributed by atoms with van der Waals surface area (Å²) in [5.74, 6) is 0.158. The number of benzene rings is 1. The Morgan fingerprint density at radius 3 is 2.76 bits per heavy atom. The number of nitrogens with one attached hydrogen (secondary N) is 1. The molecule has 1 aromatic rings. The number of carbonyl (C=O) groups is 1. The summed E-state index contributed by atoms with van der Waals surface area (Å²) in [4.78, 5) is 14.5. The summed E-state index contributed by atoms with van der Waals surface area (Å²) in [6.45, 7) is 6.91. The van der Waals surface area contributed by atoms with Gasteiger partial charge in [0.25, 0.3) is 0 Å². The topological polar surface area (TPSA) is 58.4 Å². The second-order valence-corrected chi connectivity index (χ2v) is 6.34. The smallest absolute Gasteiger partial charge is 0.237 e. The predicted molar refractivity (Wildman–Crippen MR) is 85.7 cm³/mol. The lowest BCUT2D eigenvalue weighted by Crippen LogP contribution is -2.52. The summed E-state index contributed by atoms with van der Waals surface area (Å²) in [6, 6.07) is 10.3. The molecule has 2 rings (SSSR count). The van der Waals surface area contributed by atoms with E-state index >= 15 is 0 Å². The largest absolute Gasteiger partial charge is 0.351 e. The lowest BCUT2D eigenvalue weighted by atomic mass is 10.0. The number of likely N-dealkylation sites (tertiary alicyclic amines) is 1. The molecule has 1 fully saturated rings. The van der Waals surface area contributed by atoms with Crippen LogP contribution in [0.2, 0.25) is 0 Å². The van der Waals surface area contributed by atoms with Gasteiger partial charge in [-0.25, -0.2) is 0 Å². The summed E-state index contributed by atoms with van der Waals surface area (Å²) in [6.07, 6.45) is 2.16. The van der Waals surface area contributed by atoms with Crippen LogP contribution in [0.3, 0.4) is 0 Å². The fraction of sp³-hybridized carbons (Fsp3) is 0.588. The molecule has 2 atom stereocenters. The minimum Gasteiger partial charge on any atom is -0.351 e. The number of carbonyl (C=O) groups excluding carboxylic acids is 1. The van der Waals surface area contributed by atoms with Crippen molar-refractivity contribution in [3.63, 3.8) is 0 Å². The van der Waals surface area contributed by atoms with Crippen molar-refractivity contribution in [1.29, 1.82) is 0 Å². The van der Waals surface area contributed by atoms with Gasteiger partial charge in [-0.1, -0.05) is 44.2 Å². The van der Waals surface area contributed by atoms with E-state index in [2.05, 4.69) is 34.5 Å². The molecule has 3 N–H and O–H groups in total. The van der Waals surface area contributed by atoms with E-state index in [1.54, 1.807) is 0 Å². The number of hydrogen-bond acceptors (Lipinski definition) is 3. The van der Waals surface area contributed by atoms with Gasteiger partial charge in [0.2, 0.25) is 5.91 Å². The number of rotatable bonds is 5. The number of hydrogen-bond donors (Lipinski definition) is 2. The first-order valence-electron chi connectivity index (χ1n) is 7.88. The van der Waals surface area contributed by atoms with E-state index in [0.717, 1.165) is 32.5 Å². The molecule has 0 aromatic heterocycles. The molecule has 1 heterocycles. The molecule has 0 spiro atoms. The van der Waals surface area contributed by atoms with E-state index in [0.29, 0.717) is 0 Å². The van der Waals surface area contributed by atoms with Crippen molar-refractivity contribution in [1.82, 2.24) is 10.2 Å². The molecule has 1 aliphatic heterocycles. The van der Waals surface area contributed by atoms with E-state index in [4.69, 9.17) is 5.73 Å². The van der Waals surface area contributed by atoms with Crippen molar-refractivity contribution >= 4 is 5.91 Å². The van der Waals surface area contributed by atoms with Crippen LogP contribution in [-0.2, 0) is 11.3 Å². The van der Waals surface area contributed by atoms with Crippen LogP contribution in [0.15, 0.2) is 30.3 Å². The van der Waals surface area contributed by atoms with Crippen molar-refractivity contribution in [2.45, 2.75) is 45.3 Å². The van der Waals surface area contributed by atoms with Crippen LogP contribution in [0.25, 0.3) is 0 Å². The van der Waals surface area contributed by atoms with E-state index < -0.39 is 6.04 Å². The lowest BCUT2D eigenvalue weighted by Gasteiger charge is -2.34. The van der Waals surface area contributed by atoms with Crippen molar-refractivity contribution in [2.75, 3.05) is 13.1 Å². The molecule has 4 nitrogen and oxygen atoms in total. The third-order valence-corrected chi connectivity index (χ3v) is 4.12. The van der Waals surface area contributed by atoms with Crippen molar-refractivity contribution in [2.24, 2.45) is 11.7 Å². The second kappa shape index (κ2) is 7.57. The fourth-order valence-electron chi connectivity index (χ4n) is 2.76. The number of piperidine rings is 1. The molecule has 1 saturated heterocycles. The quantitative estimate of drug-likeness (QED) is 0.868. The summed E-state index contributed by atoms with van der Waals surface area (Å²) in [5.41, 5.74) is 7.23. The Kier molecular flexibility index (Phi) is 5.76. The Hall–Kier alpha value is -1.39. The summed E-state index contributed by atoms with van der Waals surface area (Å²) >= 11 is 0. The molecule has 4 heteroatoms. The zero-order valence-corrected chi connectivity index (χ0v) is 13.1. The van der Waals surface area contributed by atoms with Crippen LogP contribution in [0.5, 0.6) is 0 Å². The first-order chi connectivity index (χ1) is 10.1. The van der Waals surface area contributed by atoms with Crippen molar-refractivity contribution in [3.8, 4) is 0 Å². The maximum Gasteiger partial charge on any atom is 0.237 e. The minimum atomic E-state index is -0.408. The summed E-state index contributed by atoms with van der Waals surface area (Å²) in [5, 5.41) is 3.11. The molecular formula is C17H27N3O. The highest BCUT2D eigenvalue weighted by Gasteiger charge is 2.24. The predicted octanol–water partition coefficient (Wildman–Crippen LogP) is 1.75. The maximum atomic E-state index is 12.1. The molecule has 0 aliphatic carbocycles. The van der Waals surface area contributed by atoms with Crippen molar-refractivity contribution < 1.29 is 4.79 Å². The molecular weight excluding hydrogens is 262 g/mol. The van der Waals surface area contributed by atoms with Gasteiger partial charge in [0.05, 0.1) is 6.04 Å². The van der Waals surface area contributed by atoms with E-state index in [-0.39, 0.29) is 17.9 Å². The van der Waals surface area contributed by atoms with Crippen LogP contribution in [0.1, 0.15) is 32.3 Å². The SMILES string of the molecule is CC(C)[C@H](N)C(=O)NC1CCCN(Cc2ccccc2)C1. The van der Waals surface area contributed by atoms with Gasteiger partial charge in [0, 0.05) is 19.1 Å². The van der Waals surface area contributed by atoms with Crippen LogP contribution < -0.4 is 11.1 Å². The van der Waals surface area contributed by atoms with Crippen LogP contribution in [-0.4, -0.2) is 36.0 Å². The van der Waals surface area contributed by atoms with E-state index in [9.17, 15) is 4.79 Å². The average Bonchev–Trinajstić information content (AvgIpc) is 2.47. The Morgan fingerprint density at radius 1 is 1.38 bits per heavy atom. The number of nitrogens with zero attached hydrogens (tertiary/aromatic N) is 1. The van der Waals surface area contributed by atoms with Gasteiger partial charge in [-0.05, 0) is 30.9 Å². The molecule has 1 unspecified atom stereocenters. The number of nitrogens with two attached hydrogens (primary N) is 1. The molecule has 0 bridgehead atoms. The minimum absolute atomic E-state index is 0.0171. The molecule has 0 saturated carbocycles. The zero-order chi connectivity index (χ0) is 15.2. The van der Waals surface area contributed by atoms with Gasteiger partial charge in [-0.3, -0.25) is 9.69 Å². The third-order valence-electron chi connectivity index (χ3n) is 4.12. The van der Waals surface area contributed by atoms with Gasteiger partial charge in [0.1, 0.15) is 0 Å². The van der Waals surface area contributed by atoms with E-state index in [1.165, 1.54) is 5.56 Å². The standard InChI is InChI=1S/C17H27N3O/c1-13(2)16(18)17(21)19-15-9-6-10-20(12-15)11-14-7-4-3-5-8-14/h3-5,7-8,13,15-16H,6,9-12,18H2,1-2H3,(H,19,21)/t15?,16-/m0/s1. The normalized spacial score (nSPS) is 21.2. The zero-order valence-electron chi connectivity index (χ0n) is 13.1. The van der Waals surface area contributed by atoms with Crippen LogP contribution in [0.4, 0.5) is 0 Å². The van der Waals surface area contributed by atoms with Gasteiger partial charge in [-0.2, -0.15) is 0 Å². The molecule has 1 aliphatic rings. The highest BCUT2D eigenvalue weighted by atomic mass is 16.2. The van der Waals surface area contributed by atoms with Gasteiger partial charge < -0.3 is 11.1 Å². The summed E-state index contributed by atoms with van der Waals surface area (Å²) in [7, 11) is 0. The average molecular weight is 289 g/mol.